The molecule has 1 N–H and O–H groups in total. The quantitative estimate of drug-likeness (QED) is 0.573. The van der Waals surface area contributed by atoms with Gasteiger partial charge in [-0.15, -0.1) is 6.58 Å². The number of aromatic nitrogens is 1. The number of rotatable bonds is 6. The first-order chi connectivity index (χ1) is 11.2. The van der Waals surface area contributed by atoms with Gasteiger partial charge in [-0.25, -0.2) is 0 Å². The second-order valence-electron chi connectivity index (χ2n) is 7.80. The summed E-state index contributed by atoms with van der Waals surface area (Å²) >= 11 is 0. The largest absolute Gasteiger partial charge is 0.357 e. The Hall–Kier alpha value is -2.02. The molecule has 0 atom stereocenters. The Kier molecular flexibility index (Phi) is 5.54. The maximum absolute atomic E-state index is 3.99. The third-order valence-electron chi connectivity index (χ3n) is 4.55. The van der Waals surface area contributed by atoms with Gasteiger partial charge >= 0.3 is 0 Å². The first kappa shape index (κ1) is 18.3. The molecule has 1 heteroatoms. The van der Waals surface area contributed by atoms with Crippen molar-refractivity contribution in [1.82, 2.24) is 4.98 Å². The molecule has 0 saturated carbocycles. The molecule has 2 rings (SSSR count). The van der Waals surface area contributed by atoms with Gasteiger partial charge in [-0.05, 0) is 63.8 Å². The van der Waals surface area contributed by atoms with Crippen LogP contribution in [0, 0.1) is 0 Å². The minimum Gasteiger partial charge on any atom is -0.357 e. The Labute approximate surface area is 147 Å². The van der Waals surface area contributed by atoms with Crippen LogP contribution in [0.3, 0.4) is 0 Å². The molecule has 0 aliphatic rings. The minimum absolute atomic E-state index is 0.0487. The molecular formula is C23H31N. The fraction of sp³-hybridized carbons (Fsp3) is 0.391. The number of aromatic amines is 1. The number of H-pyrrole nitrogens is 1. The molecule has 0 amide bonds. The molecule has 0 bridgehead atoms. The fourth-order valence-corrected chi connectivity index (χ4v) is 2.76. The fourth-order valence-electron chi connectivity index (χ4n) is 2.76. The molecule has 0 unspecified atom stereocenters. The molecule has 1 aromatic heterocycles. The van der Waals surface area contributed by atoms with E-state index in [1.54, 1.807) is 0 Å². The Morgan fingerprint density at radius 2 is 1.62 bits per heavy atom. The summed E-state index contributed by atoms with van der Waals surface area (Å²) in [5, 5.41) is 1.30. The van der Waals surface area contributed by atoms with Crippen molar-refractivity contribution in [2.24, 2.45) is 0 Å². The summed E-state index contributed by atoms with van der Waals surface area (Å²) in [6.07, 6.45) is 8.57. The molecule has 128 valence electrons. The molecule has 24 heavy (non-hydrogen) atoms. The van der Waals surface area contributed by atoms with E-state index in [-0.39, 0.29) is 5.41 Å². The van der Waals surface area contributed by atoms with Crippen LogP contribution in [0.4, 0.5) is 0 Å². The van der Waals surface area contributed by atoms with E-state index < -0.39 is 0 Å². The lowest BCUT2D eigenvalue weighted by molar-refractivity contribution is 0.652. The highest BCUT2D eigenvalue weighted by atomic mass is 14.7. The zero-order valence-corrected chi connectivity index (χ0v) is 16.1. The summed E-state index contributed by atoms with van der Waals surface area (Å²) in [7, 11) is 0. The third kappa shape index (κ3) is 4.29. The van der Waals surface area contributed by atoms with Crippen LogP contribution in [-0.4, -0.2) is 4.98 Å². The van der Waals surface area contributed by atoms with E-state index in [0.717, 1.165) is 12.8 Å². The van der Waals surface area contributed by atoms with Crippen LogP contribution in [0.5, 0.6) is 0 Å². The van der Waals surface area contributed by atoms with Crippen LogP contribution < -0.4 is 0 Å². The van der Waals surface area contributed by atoms with Crippen LogP contribution in [0.1, 0.15) is 58.4 Å². The highest BCUT2D eigenvalue weighted by molar-refractivity contribution is 5.85. The first-order valence-electron chi connectivity index (χ1n) is 8.78. The SMILES string of the molecule is C=CC(C)(C)c1cc2cc(CC=C(C)C)cc(CC=C(C)C)c2[nH]1. The third-order valence-corrected chi connectivity index (χ3v) is 4.55. The zero-order valence-electron chi connectivity index (χ0n) is 16.1. The van der Waals surface area contributed by atoms with Gasteiger partial charge in [0.25, 0.3) is 0 Å². The Morgan fingerprint density at radius 3 is 2.21 bits per heavy atom. The standard InChI is InChI=1S/C23H31N/c1-8-23(6,7)21-15-20-14-18(11-9-16(2)3)13-19(22(20)24-21)12-10-17(4)5/h8-10,13-15,24H,1,11-12H2,2-7H3. The number of fused-ring (bicyclic) bond motifs is 1. The second kappa shape index (κ2) is 7.25. The van der Waals surface area contributed by atoms with Crippen molar-refractivity contribution >= 4 is 10.9 Å². The summed E-state index contributed by atoms with van der Waals surface area (Å²) in [4.78, 5) is 3.66. The summed E-state index contributed by atoms with van der Waals surface area (Å²) in [5.41, 5.74) is 7.91. The van der Waals surface area contributed by atoms with Gasteiger partial charge in [0.15, 0.2) is 0 Å². The van der Waals surface area contributed by atoms with Gasteiger partial charge in [-0.3, -0.25) is 0 Å². The van der Waals surface area contributed by atoms with Crippen molar-refractivity contribution in [3.8, 4) is 0 Å². The van der Waals surface area contributed by atoms with Crippen LogP contribution in [0.25, 0.3) is 10.9 Å². The van der Waals surface area contributed by atoms with Crippen molar-refractivity contribution in [2.75, 3.05) is 0 Å². The monoisotopic (exact) mass is 321 g/mol. The second-order valence-corrected chi connectivity index (χ2v) is 7.80. The molecule has 0 aliphatic carbocycles. The molecule has 1 nitrogen and oxygen atoms in total. The molecule has 0 aliphatic heterocycles. The first-order valence-corrected chi connectivity index (χ1v) is 8.78. The van der Waals surface area contributed by atoms with Gasteiger partial charge < -0.3 is 4.98 Å². The average molecular weight is 322 g/mol. The molecule has 0 saturated heterocycles. The number of hydrogen-bond donors (Lipinski definition) is 1. The van der Waals surface area contributed by atoms with Crippen LogP contribution >= 0.6 is 0 Å². The number of hydrogen-bond acceptors (Lipinski definition) is 0. The predicted molar refractivity (Wildman–Crippen MR) is 108 cm³/mol. The van der Waals surface area contributed by atoms with E-state index in [0.29, 0.717) is 0 Å². The lowest BCUT2D eigenvalue weighted by atomic mass is 9.90. The number of benzene rings is 1. The molecule has 1 aromatic carbocycles. The van der Waals surface area contributed by atoms with Gasteiger partial charge in [0.1, 0.15) is 0 Å². The van der Waals surface area contributed by atoms with Crippen molar-refractivity contribution < 1.29 is 0 Å². The number of allylic oxidation sites excluding steroid dienone is 5. The zero-order chi connectivity index (χ0) is 17.9. The maximum atomic E-state index is 3.99. The molecule has 0 fully saturated rings. The van der Waals surface area contributed by atoms with Gasteiger partial charge in [-0.1, -0.05) is 49.3 Å². The van der Waals surface area contributed by atoms with Crippen molar-refractivity contribution in [2.45, 2.75) is 59.8 Å². The summed E-state index contributed by atoms with van der Waals surface area (Å²) in [5.74, 6) is 0. The highest BCUT2D eigenvalue weighted by Gasteiger charge is 2.19. The maximum Gasteiger partial charge on any atom is 0.0492 e. The lowest BCUT2D eigenvalue weighted by Gasteiger charge is -2.17. The number of nitrogens with one attached hydrogen (secondary N) is 1. The molecule has 0 radical (unpaired) electrons. The summed E-state index contributed by atoms with van der Waals surface area (Å²) in [6.45, 7) is 17.0. The van der Waals surface area contributed by atoms with E-state index in [1.165, 1.54) is 38.9 Å². The van der Waals surface area contributed by atoms with Crippen LogP contribution in [0.2, 0.25) is 0 Å². The molecular weight excluding hydrogens is 290 g/mol. The van der Waals surface area contributed by atoms with Crippen molar-refractivity contribution in [3.63, 3.8) is 0 Å². The van der Waals surface area contributed by atoms with E-state index in [4.69, 9.17) is 0 Å². The summed E-state index contributed by atoms with van der Waals surface area (Å²) in [6, 6.07) is 6.96. The molecule has 0 spiro atoms. The lowest BCUT2D eigenvalue weighted by Crippen LogP contribution is -2.13. The van der Waals surface area contributed by atoms with Gasteiger partial charge in [-0.2, -0.15) is 0 Å². The smallest absolute Gasteiger partial charge is 0.0492 e. The normalized spacial score (nSPS) is 11.4. The van der Waals surface area contributed by atoms with Gasteiger partial charge in [0.05, 0.1) is 0 Å². The molecule has 1 heterocycles. The minimum atomic E-state index is -0.0487. The average Bonchev–Trinajstić information content (AvgIpc) is 2.95. The van der Waals surface area contributed by atoms with Gasteiger partial charge in [0, 0.05) is 22.0 Å². The van der Waals surface area contributed by atoms with E-state index in [9.17, 15) is 0 Å². The Balaban J connectivity index is 2.57. The van der Waals surface area contributed by atoms with Crippen molar-refractivity contribution in [1.29, 1.82) is 0 Å². The van der Waals surface area contributed by atoms with Crippen molar-refractivity contribution in [3.05, 3.63) is 71.0 Å². The summed E-state index contributed by atoms with van der Waals surface area (Å²) < 4.78 is 0. The Morgan fingerprint density at radius 1 is 1.00 bits per heavy atom. The van der Waals surface area contributed by atoms with Gasteiger partial charge in [0.2, 0.25) is 0 Å². The van der Waals surface area contributed by atoms with E-state index in [2.05, 4.69) is 83.5 Å². The van der Waals surface area contributed by atoms with Crippen LogP contribution in [-0.2, 0) is 18.3 Å². The Bertz CT molecular complexity index is 789. The van der Waals surface area contributed by atoms with Crippen LogP contribution in [0.15, 0.2) is 54.2 Å². The predicted octanol–water partition coefficient (Wildman–Crippen LogP) is 6.65. The molecule has 2 aromatic rings. The topological polar surface area (TPSA) is 15.8 Å². The van der Waals surface area contributed by atoms with E-state index >= 15 is 0 Å². The highest BCUT2D eigenvalue weighted by Crippen LogP contribution is 2.30. The van der Waals surface area contributed by atoms with E-state index in [1.807, 2.05) is 6.08 Å².